The SMILES string of the molecule is CC(C)NC(NC(C)C)=[N+]1CCCC1. The van der Waals surface area contributed by atoms with Gasteiger partial charge < -0.3 is 0 Å². The van der Waals surface area contributed by atoms with Gasteiger partial charge in [-0.05, 0) is 40.5 Å². The van der Waals surface area contributed by atoms with E-state index < -0.39 is 0 Å². The number of rotatable bonds is 2. The molecule has 14 heavy (non-hydrogen) atoms. The molecule has 0 bridgehead atoms. The Kier molecular flexibility index (Phi) is 4.23. The van der Waals surface area contributed by atoms with Gasteiger partial charge in [0.25, 0.3) is 0 Å². The van der Waals surface area contributed by atoms with Crippen molar-refractivity contribution in [2.45, 2.75) is 52.6 Å². The molecule has 1 rings (SSSR count). The van der Waals surface area contributed by atoms with Gasteiger partial charge in [-0.15, -0.1) is 0 Å². The first kappa shape index (κ1) is 11.3. The third-order valence-electron chi connectivity index (χ3n) is 2.27. The first-order chi connectivity index (χ1) is 6.59. The van der Waals surface area contributed by atoms with Crippen LogP contribution in [0, 0.1) is 0 Å². The summed E-state index contributed by atoms with van der Waals surface area (Å²) in [4.78, 5) is 0. The molecule has 1 heterocycles. The molecule has 1 saturated heterocycles. The molecule has 1 aliphatic heterocycles. The van der Waals surface area contributed by atoms with E-state index in [-0.39, 0.29) is 0 Å². The molecule has 0 spiro atoms. The molecule has 0 atom stereocenters. The van der Waals surface area contributed by atoms with Gasteiger partial charge in [0.15, 0.2) is 0 Å². The minimum absolute atomic E-state index is 0.497. The number of hydrogen-bond acceptors (Lipinski definition) is 0. The van der Waals surface area contributed by atoms with E-state index >= 15 is 0 Å². The van der Waals surface area contributed by atoms with Gasteiger partial charge in [0.1, 0.15) is 0 Å². The molecule has 0 unspecified atom stereocenters. The summed E-state index contributed by atoms with van der Waals surface area (Å²) in [5.74, 6) is 1.22. The fourth-order valence-corrected chi connectivity index (χ4v) is 1.71. The van der Waals surface area contributed by atoms with Crippen LogP contribution in [0.4, 0.5) is 0 Å². The van der Waals surface area contributed by atoms with Gasteiger partial charge in [0, 0.05) is 0 Å². The van der Waals surface area contributed by atoms with E-state index in [0.717, 1.165) is 0 Å². The average molecular weight is 198 g/mol. The van der Waals surface area contributed by atoms with E-state index in [9.17, 15) is 0 Å². The molecular weight excluding hydrogens is 174 g/mol. The highest BCUT2D eigenvalue weighted by atomic mass is 15.3. The van der Waals surface area contributed by atoms with Gasteiger partial charge in [-0.2, -0.15) is 0 Å². The van der Waals surface area contributed by atoms with Crippen LogP contribution in [0.3, 0.4) is 0 Å². The lowest BCUT2D eigenvalue weighted by atomic mass is 10.4. The molecule has 0 radical (unpaired) electrons. The Balaban J connectivity index is 2.64. The van der Waals surface area contributed by atoms with Crippen LogP contribution >= 0.6 is 0 Å². The van der Waals surface area contributed by atoms with Crippen LogP contribution < -0.4 is 10.6 Å². The topological polar surface area (TPSA) is 27.1 Å². The molecule has 3 heteroatoms. The second-order valence-electron chi connectivity index (χ2n) is 4.64. The molecule has 1 aliphatic rings. The van der Waals surface area contributed by atoms with Crippen LogP contribution in [0.25, 0.3) is 0 Å². The molecule has 2 N–H and O–H groups in total. The summed E-state index contributed by atoms with van der Waals surface area (Å²) < 4.78 is 2.42. The summed E-state index contributed by atoms with van der Waals surface area (Å²) in [5.41, 5.74) is 0. The Hall–Kier alpha value is -0.730. The Morgan fingerprint density at radius 2 is 1.36 bits per heavy atom. The summed E-state index contributed by atoms with van der Waals surface area (Å²) in [5, 5.41) is 6.97. The van der Waals surface area contributed by atoms with E-state index in [0.29, 0.717) is 12.1 Å². The van der Waals surface area contributed by atoms with Crippen molar-refractivity contribution in [1.29, 1.82) is 0 Å². The third-order valence-corrected chi connectivity index (χ3v) is 2.27. The van der Waals surface area contributed by atoms with Crippen LogP contribution in [0.15, 0.2) is 0 Å². The highest BCUT2D eigenvalue weighted by molar-refractivity contribution is 5.75. The van der Waals surface area contributed by atoms with E-state index in [1.54, 1.807) is 0 Å². The normalized spacial score (nSPS) is 16.6. The summed E-state index contributed by atoms with van der Waals surface area (Å²) in [6, 6.07) is 0.994. The molecule has 3 nitrogen and oxygen atoms in total. The highest BCUT2D eigenvalue weighted by Crippen LogP contribution is 2.01. The number of guanidine groups is 1. The van der Waals surface area contributed by atoms with Gasteiger partial charge in [-0.3, -0.25) is 15.2 Å². The van der Waals surface area contributed by atoms with E-state index in [1.165, 1.54) is 31.9 Å². The van der Waals surface area contributed by atoms with E-state index in [4.69, 9.17) is 0 Å². The van der Waals surface area contributed by atoms with Crippen LogP contribution in [0.1, 0.15) is 40.5 Å². The van der Waals surface area contributed by atoms with Crippen LogP contribution in [-0.4, -0.2) is 35.7 Å². The van der Waals surface area contributed by atoms with Gasteiger partial charge in [0.2, 0.25) is 0 Å². The molecule has 0 aromatic carbocycles. The van der Waals surface area contributed by atoms with E-state index in [1.807, 2.05) is 0 Å². The predicted octanol–water partition coefficient (Wildman–Crippen LogP) is 1.14. The standard InChI is InChI=1S/C11H23N3/c1-9(2)12-11(13-10(3)4)14-7-5-6-8-14/h9-10H,5-8H2,1-4H3,(H,12,13)/p+1. The Labute approximate surface area is 87.6 Å². The average Bonchev–Trinajstić information content (AvgIpc) is 2.52. The van der Waals surface area contributed by atoms with Crippen molar-refractivity contribution in [2.24, 2.45) is 0 Å². The Morgan fingerprint density at radius 3 is 1.71 bits per heavy atom. The summed E-state index contributed by atoms with van der Waals surface area (Å²) in [6.45, 7) is 11.1. The minimum atomic E-state index is 0.497. The first-order valence-electron chi connectivity index (χ1n) is 5.74. The zero-order chi connectivity index (χ0) is 10.6. The lowest BCUT2D eigenvalue weighted by Crippen LogP contribution is -2.49. The van der Waals surface area contributed by atoms with Crippen molar-refractivity contribution in [2.75, 3.05) is 13.1 Å². The maximum absolute atomic E-state index is 3.48. The van der Waals surface area contributed by atoms with Gasteiger partial charge in [0.05, 0.1) is 25.2 Å². The molecule has 1 fully saturated rings. The zero-order valence-corrected chi connectivity index (χ0v) is 9.93. The maximum atomic E-state index is 3.48. The van der Waals surface area contributed by atoms with Crippen molar-refractivity contribution in [3.63, 3.8) is 0 Å². The monoisotopic (exact) mass is 198 g/mol. The lowest BCUT2D eigenvalue weighted by Gasteiger charge is -2.14. The minimum Gasteiger partial charge on any atom is -0.276 e. The fourth-order valence-electron chi connectivity index (χ4n) is 1.71. The molecule has 82 valence electrons. The van der Waals surface area contributed by atoms with Gasteiger partial charge in [-0.1, -0.05) is 0 Å². The largest absolute Gasteiger partial charge is 0.346 e. The summed E-state index contributed by atoms with van der Waals surface area (Å²) in [7, 11) is 0. The second kappa shape index (κ2) is 5.23. The van der Waals surface area contributed by atoms with Crippen molar-refractivity contribution < 1.29 is 4.58 Å². The predicted molar refractivity (Wildman–Crippen MR) is 60.8 cm³/mol. The van der Waals surface area contributed by atoms with Crippen molar-refractivity contribution in [3.05, 3.63) is 0 Å². The molecule has 0 amide bonds. The van der Waals surface area contributed by atoms with Crippen LogP contribution in [0.5, 0.6) is 0 Å². The third kappa shape index (κ3) is 3.56. The number of nitrogens with zero attached hydrogens (tertiary/aromatic N) is 1. The van der Waals surface area contributed by atoms with Crippen molar-refractivity contribution >= 4 is 5.96 Å². The summed E-state index contributed by atoms with van der Waals surface area (Å²) >= 11 is 0. The number of hydrogen-bond donors (Lipinski definition) is 2. The molecular formula is C11H24N3+. The van der Waals surface area contributed by atoms with Crippen molar-refractivity contribution in [3.8, 4) is 0 Å². The Bertz CT molecular complexity index is 187. The Morgan fingerprint density at radius 1 is 0.929 bits per heavy atom. The first-order valence-corrected chi connectivity index (χ1v) is 5.74. The molecule has 0 saturated carbocycles. The molecule has 0 aromatic rings. The van der Waals surface area contributed by atoms with E-state index in [2.05, 4.69) is 42.9 Å². The lowest BCUT2D eigenvalue weighted by molar-refractivity contribution is -0.510. The van der Waals surface area contributed by atoms with Gasteiger partial charge in [-0.25, -0.2) is 0 Å². The fraction of sp³-hybridized carbons (Fsp3) is 0.909. The van der Waals surface area contributed by atoms with Crippen molar-refractivity contribution in [1.82, 2.24) is 10.6 Å². The maximum Gasteiger partial charge on any atom is 0.346 e. The highest BCUT2D eigenvalue weighted by Gasteiger charge is 2.18. The van der Waals surface area contributed by atoms with Gasteiger partial charge >= 0.3 is 5.96 Å². The quantitative estimate of drug-likeness (QED) is 0.514. The van der Waals surface area contributed by atoms with Crippen LogP contribution in [-0.2, 0) is 0 Å². The zero-order valence-electron chi connectivity index (χ0n) is 9.93. The number of nitrogens with one attached hydrogen (secondary N) is 2. The molecule has 0 aliphatic carbocycles. The smallest absolute Gasteiger partial charge is 0.276 e. The summed E-state index contributed by atoms with van der Waals surface area (Å²) in [6.07, 6.45) is 2.64. The molecule has 0 aromatic heterocycles. The van der Waals surface area contributed by atoms with Crippen LogP contribution in [0.2, 0.25) is 0 Å². The second-order valence-corrected chi connectivity index (χ2v) is 4.64.